The Morgan fingerprint density at radius 1 is 1.23 bits per heavy atom. The lowest BCUT2D eigenvalue weighted by Gasteiger charge is -2.07. The van der Waals surface area contributed by atoms with Gasteiger partial charge in [0.05, 0.1) is 0 Å². The Bertz CT molecular complexity index is 886. The average molecular weight is 301 g/mol. The summed E-state index contributed by atoms with van der Waals surface area (Å²) in [6.07, 6.45) is 1.53. The van der Waals surface area contributed by atoms with Gasteiger partial charge in [0.1, 0.15) is 11.5 Å². The first-order chi connectivity index (χ1) is 10.5. The van der Waals surface area contributed by atoms with Gasteiger partial charge in [-0.25, -0.2) is 9.37 Å². The van der Waals surface area contributed by atoms with Crippen LogP contribution in [0.5, 0.6) is 0 Å². The van der Waals surface area contributed by atoms with Crippen molar-refractivity contribution in [1.29, 1.82) is 0 Å². The van der Waals surface area contributed by atoms with Gasteiger partial charge < -0.3 is 5.32 Å². The molecule has 3 aromatic rings. The minimum Gasteiger partial charge on any atom is -0.307 e. The number of fused-ring (bicyclic) bond motifs is 1. The number of benzene rings is 1. The summed E-state index contributed by atoms with van der Waals surface area (Å²) in [4.78, 5) is 15.1. The Labute approximate surface area is 125 Å². The smallest absolute Gasteiger partial charge is 0.242 e. The molecule has 0 spiro atoms. The van der Waals surface area contributed by atoms with Gasteiger partial charge in [-0.1, -0.05) is 12.1 Å². The zero-order valence-corrected chi connectivity index (χ0v) is 12.0. The summed E-state index contributed by atoms with van der Waals surface area (Å²) in [5.41, 5.74) is 2.19. The van der Waals surface area contributed by atoms with Crippen molar-refractivity contribution in [2.24, 2.45) is 0 Å². The van der Waals surface area contributed by atoms with Crippen LogP contribution in [0, 0.1) is 18.7 Å². The third-order valence-corrected chi connectivity index (χ3v) is 3.43. The zero-order valence-electron chi connectivity index (χ0n) is 12.0. The van der Waals surface area contributed by atoms with Gasteiger partial charge in [0, 0.05) is 13.1 Å². The summed E-state index contributed by atoms with van der Waals surface area (Å²) in [6.45, 7) is 2.95. The molecule has 4 nitrogen and oxygen atoms in total. The van der Waals surface area contributed by atoms with Crippen LogP contribution in [-0.2, 0) is 4.79 Å². The largest absolute Gasteiger partial charge is 0.307 e. The van der Waals surface area contributed by atoms with E-state index < -0.39 is 11.9 Å². The van der Waals surface area contributed by atoms with E-state index in [4.69, 9.17) is 0 Å². The van der Waals surface area contributed by atoms with Crippen molar-refractivity contribution < 1.29 is 13.6 Å². The molecule has 0 saturated heterocycles. The molecule has 0 bridgehead atoms. The van der Waals surface area contributed by atoms with Crippen molar-refractivity contribution in [3.05, 3.63) is 53.9 Å². The fourth-order valence-electron chi connectivity index (χ4n) is 2.34. The van der Waals surface area contributed by atoms with E-state index in [9.17, 15) is 13.6 Å². The fraction of sp³-hybridized carbons (Fsp3) is 0.125. The minimum absolute atomic E-state index is 0.124. The highest BCUT2D eigenvalue weighted by molar-refractivity contribution is 5.88. The van der Waals surface area contributed by atoms with E-state index in [2.05, 4.69) is 10.3 Å². The number of imidazole rings is 1. The van der Waals surface area contributed by atoms with Crippen LogP contribution in [0.2, 0.25) is 0 Å². The third-order valence-electron chi connectivity index (χ3n) is 3.43. The Kier molecular flexibility index (Phi) is 3.36. The summed E-state index contributed by atoms with van der Waals surface area (Å²) in [5.74, 6) is -1.51. The number of hydrogen-bond donors (Lipinski definition) is 1. The molecule has 0 aliphatic heterocycles. The molecule has 0 aliphatic carbocycles. The molecule has 0 aliphatic rings. The molecule has 0 fully saturated rings. The molecule has 2 heterocycles. The first kappa shape index (κ1) is 14.2. The van der Waals surface area contributed by atoms with Crippen molar-refractivity contribution in [2.75, 3.05) is 5.32 Å². The van der Waals surface area contributed by atoms with Crippen LogP contribution < -0.4 is 5.32 Å². The lowest BCUT2D eigenvalue weighted by molar-refractivity contribution is -0.114. The van der Waals surface area contributed by atoms with Crippen molar-refractivity contribution in [3.8, 4) is 11.1 Å². The van der Waals surface area contributed by atoms with Crippen LogP contribution in [0.1, 0.15) is 12.5 Å². The minimum atomic E-state index is -0.666. The lowest BCUT2D eigenvalue weighted by atomic mass is 10.0. The number of nitrogens with one attached hydrogen (secondary N) is 1. The summed E-state index contributed by atoms with van der Waals surface area (Å²) in [6, 6.07) is 8.11. The highest BCUT2D eigenvalue weighted by atomic mass is 19.1. The molecule has 1 aromatic carbocycles. The van der Waals surface area contributed by atoms with Crippen LogP contribution >= 0.6 is 0 Å². The fourth-order valence-corrected chi connectivity index (χ4v) is 2.34. The summed E-state index contributed by atoms with van der Waals surface area (Å²) in [7, 11) is 0. The summed E-state index contributed by atoms with van der Waals surface area (Å²) < 4.78 is 29.2. The van der Waals surface area contributed by atoms with Gasteiger partial charge >= 0.3 is 0 Å². The topological polar surface area (TPSA) is 46.4 Å². The molecule has 1 amide bonds. The maximum atomic E-state index is 14.3. The van der Waals surface area contributed by atoms with E-state index in [-0.39, 0.29) is 11.6 Å². The molecule has 0 saturated carbocycles. The number of hydrogen-bond acceptors (Lipinski definition) is 2. The van der Waals surface area contributed by atoms with Crippen LogP contribution in [-0.4, -0.2) is 15.3 Å². The highest BCUT2D eigenvalue weighted by Gasteiger charge is 2.14. The molecule has 2 aromatic heterocycles. The van der Waals surface area contributed by atoms with Crippen molar-refractivity contribution in [3.63, 3.8) is 0 Å². The number of amides is 1. The van der Waals surface area contributed by atoms with Gasteiger partial charge in [0.2, 0.25) is 11.9 Å². The summed E-state index contributed by atoms with van der Waals surface area (Å²) >= 11 is 0. The Hall–Kier alpha value is -2.76. The standard InChI is InChI=1S/C16H13F2N3O/c1-9-12(4-3-5-13(9)17)11-6-7-14-20-16(19-10(2)22)15(18)21(14)8-11/h3-8H,1-2H3,(H,19,22). The van der Waals surface area contributed by atoms with E-state index >= 15 is 0 Å². The number of aromatic nitrogens is 2. The van der Waals surface area contributed by atoms with Crippen LogP contribution in [0.15, 0.2) is 36.5 Å². The van der Waals surface area contributed by atoms with Gasteiger partial charge in [0.15, 0.2) is 5.82 Å². The molecular formula is C16H13F2N3O. The van der Waals surface area contributed by atoms with Crippen molar-refractivity contribution in [2.45, 2.75) is 13.8 Å². The van der Waals surface area contributed by atoms with E-state index in [1.54, 1.807) is 31.2 Å². The first-order valence-electron chi connectivity index (χ1n) is 6.68. The molecular weight excluding hydrogens is 288 g/mol. The number of anilines is 1. The van der Waals surface area contributed by atoms with E-state index in [1.807, 2.05) is 0 Å². The maximum Gasteiger partial charge on any atom is 0.242 e. The molecule has 22 heavy (non-hydrogen) atoms. The second-order valence-electron chi connectivity index (χ2n) is 4.99. The predicted octanol–water partition coefficient (Wildman–Crippen LogP) is 3.55. The molecule has 0 radical (unpaired) electrons. The van der Waals surface area contributed by atoms with Gasteiger partial charge in [0.25, 0.3) is 0 Å². The molecule has 6 heteroatoms. The van der Waals surface area contributed by atoms with Crippen LogP contribution in [0.3, 0.4) is 0 Å². The molecule has 112 valence electrons. The quantitative estimate of drug-likeness (QED) is 0.787. The monoisotopic (exact) mass is 301 g/mol. The van der Waals surface area contributed by atoms with Crippen LogP contribution in [0.25, 0.3) is 16.8 Å². The second kappa shape index (κ2) is 5.22. The lowest BCUT2D eigenvalue weighted by Crippen LogP contribution is -2.07. The number of carbonyl (C=O) groups excluding carboxylic acids is 1. The number of rotatable bonds is 2. The number of pyridine rings is 1. The molecule has 3 rings (SSSR count). The number of halogens is 2. The highest BCUT2D eigenvalue weighted by Crippen LogP contribution is 2.27. The Balaban J connectivity index is 2.15. The van der Waals surface area contributed by atoms with Gasteiger partial charge in [-0.15, -0.1) is 0 Å². The van der Waals surface area contributed by atoms with Gasteiger partial charge in [-0.2, -0.15) is 4.39 Å². The number of carbonyl (C=O) groups is 1. The van der Waals surface area contributed by atoms with E-state index in [0.29, 0.717) is 22.3 Å². The predicted molar refractivity (Wildman–Crippen MR) is 79.6 cm³/mol. The van der Waals surface area contributed by atoms with Crippen LogP contribution in [0.4, 0.5) is 14.6 Å². The molecule has 0 atom stereocenters. The van der Waals surface area contributed by atoms with Gasteiger partial charge in [-0.3, -0.25) is 9.20 Å². The molecule has 1 N–H and O–H groups in total. The van der Waals surface area contributed by atoms with E-state index in [0.717, 1.165) is 0 Å². The Morgan fingerprint density at radius 2 is 2.00 bits per heavy atom. The van der Waals surface area contributed by atoms with Gasteiger partial charge in [-0.05, 0) is 41.8 Å². The van der Waals surface area contributed by atoms with E-state index in [1.165, 1.54) is 23.6 Å². The SMILES string of the molecule is CC(=O)Nc1nc2ccc(-c3cccc(F)c3C)cn2c1F. The summed E-state index contributed by atoms with van der Waals surface area (Å²) in [5, 5.41) is 2.34. The van der Waals surface area contributed by atoms with Crippen molar-refractivity contribution >= 4 is 17.4 Å². The normalized spacial score (nSPS) is 10.9. The zero-order chi connectivity index (χ0) is 15.9. The molecule has 0 unspecified atom stereocenters. The second-order valence-corrected chi connectivity index (χ2v) is 4.99. The average Bonchev–Trinajstić information content (AvgIpc) is 2.77. The van der Waals surface area contributed by atoms with Crippen molar-refractivity contribution in [1.82, 2.24) is 9.38 Å². The first-order valence-corrected chi connectivity index (χ1v) is 6.68. The number of nitrogens with zero attached hydrogens (tertiary/aromatic N) is 2. The maximum absolute atomic E-state index is 14.3. The Morgan fingerprint density at radius 3 is 2.73 bits per heavy atom. The third kappa shape index (κ3) is 2.32.